The number of alkyl halides is 1. The molecule has 0 amide bonds. The lowest BCUT2D eigenvalue weighted by molar-refractivity contribution is -0.384. The summed E-state index contributed by atoms with van der Waals surface area (Å²) in [6.07, 6.45) is 10.7. The van der Waals surface area contributed by atoms with Crippen LogP contribution in [0.2, 0.25) is 0 Å². The van der Waals surface area contributed by atoms with Gasteiger partial charge in [0.05, 0.1) is 26.8 Å². The average Bonchev–Trinajstić information content (AvgIpc) is 4.31. The van der Waals surface area contributed by atoms with Crippen LogP contribution in [0.5, 0.6) is 5.75 Å². The molecule has 4 aromatic carbocycles. The molecule has 2 unspecified atom stereocenters. The summed E-state index contributed by atoms with van der Waals surface area (Å²) in [5.74, 6) is 8.08. The van der Waals surface area contributed by atoms with E-state index in [1.807, 2.05) is 94.4 Å². The highest BCUT2D eigenvalue weighted by molar-refractivity contribution is 7.99. The zero-order valence-corrected chi connectivity index (χ0v) is 47.2. The van der Waals surface area contributed by atoms with Crippen LogP contribution in [0.4, 0.5) is 21.5 Å². The molecule has 0 bridgehead atoms. The predicted molar refractivity (Wildman–Crippen MR) is 314 cm³/mol. The fraction of sp³-hybridized carbons (Fsp3) is 0.400. The van der Waals surface area contributed by atoms with Crippen molar-refractivity contribution in [3.05, 3.63) is 160 Å². The van der Waals surface area contributed by atoms with Crippen LogP contribution in [0.15, 0.2) is 137 Å². The maximum absolute atomic E-state index is 14.5. The van der Waals surface area contributed by atoms with Gasteiger partial charge in [0.25, 0.3) is 5.69 Å². The minimum atomic E-state index is -1.75. The van der Waals surface area contributed by atoms with Crippen LogP contribution < -0.4 is 20.4 Å². The molecule has 1 aromatic heterocycles. The third-order valence-electron chi connectivity index (χ3n) is 12.6. The second-order valence-corrected chi connectivity index (χ2v) is 20.2. The van der Waals surface area contributed by atoms with Crippen molar-refractivity contribution in [1.29, 1.82) is 0 Å². The number of rotatable bonds is 20. The van der Waals surface area contributed by atoms with Gasteiger partial charge in [-0.3, -0.25) is 10.1 Å². The number of nitrogens with one attached hydrogen (secondary N) is 3. The van der Waals surface area contributed by atoms with E-state index in [2.05, 4.69) is 93.6 Å². The zero-order valence-electron chi connectivity index (χ0n) is 45.5. The first-order valence-electron chi connectivity index (χ1n) is 26.6. The first-order chi connectivity index (χ1) is 36.5. The molecule has 12 nitrogen and oxygen atoms in total. The normalized spacial score (nSPS) is 15.6. The van der Waals surface area contributed by atoms with E-state index in [1.54, 1.807) is 54.3 Å². The van der Waals surface area contributed by atoms with Crippen LogP contribution >= 0.6 is 11.8 Å². The fourth-order valence-corrected chi connectivity index (χ4v) is 9.83. The number of nitrogens with zero attached hydrogens (tertiary/aromatic N) is 5. The van der Waals surface area contributed by atoms with E-state index < -0.39 is 22.1 Å². The van der Waals surface area contributed by atoms with Crippen molar-refractivity contribution in [2.75, 3.05) is 88.8 Å². The molecule has 2 fully saturated rings. The summed E-state index contributed by atoms with van der Waals surface area (Å²) in [5, 5.41) is 15.1. The van der Waals surface area contributed by atoms with E-state index in [-0.39, 0.29) is 10.6 Å². The Morgan fingerprint density at radius 2 is 1.59 bits per heavy atom. The van der Waals surface area contributed by atoms with Gasteiger partial charge in [-0.05, 0) is 144 Å². The number of hydrogen-bond donors (Lipinski definition) is 3. The Balaban J connectivity index is 0.000000961. The van der Waals surface area contributed by atoms with Crippen LogP contribution in [0, 0.1) is 28.9 Å². The number of benzene rings is 4. The fourth-order valence-electron chi connectivity index (χ4n) is 8.17. The number of nitro groups is 1. The molecule has 0 radical (unpaired) electrons. The van der Waals surface area contributed by atoms with Gasteiger partial charge >= 0.3 is 0 Å². The van der Waals surface area contributed by atoms with Gasteiger partial charge in [-0.25, -0.2) is 8.60 Å². The van der Waals surface area contributed by atoms with Gasteiger partial charge in [-0.15, -0.1) is 11.8 Å². The molecule has 2 heterocycles. The molecular formula is C60H79FN8O4S2. The highest BCUT2D eigenvalue weighted by Crippen LogP contribution is 2.49. The predicted octanol–water partition coefficient (Wildman–Crippen LogP) is 12.8. The third kappa shape index (κ3) is 18.4. The van der Waals surface area contributed by atoms with Crippen molar-refractivity contribution in [2.24, 2.45) is 0 Å². The Labute approximate surface area is 453 Å². The van der Waals surface area contributed by atoms with Crippen molar-refractivity contribution in [3.8, 4) is 28.7 Å². The Morgan fingerprint density at radius 3 is 2.25 bits per heavy atom. The number of hydrogen-bond acceptors (Lipinski definition) is 10. The topological polar surface area (TPSA) is 120 Å². The van der Waals surface area contributed by atoms with Gasteiger partial charge in [0.1, 0.15) is 11.9 Å². The second-order valence-electron chi connectivity index (χ2n) is 17.8. The Bertz CT molecular complexity index is 2740. The largest absolute Gasteiger partial charge is 0.406 e. The number of likely N-dealkylation sites (N-methyl/N-ethyl adjacent to an activating group) is 1. The van der Waals surface area contributed by atoms with Crippen molar-refractivity contribution < 1.29 is 18.4 Å². The molecule has 1 saturated heterocycles. The molecule has 2 atom stereocenters. The molecule has 2 aliphatic carbocycles. The van der Waals surface area contributed by atoms with Gasteiger partial charge < -0.3 is 34.1 Å². The summed E-state index contributed by atoms with van der Waals surface area (Å²) >= 11 is 1.66. The monoisotopic (exact) mass is 1060 g/mol. The lowest BCUT2D eigenvalue weighted by Crippen LogP contribution is -2.45. The molecule has 8 rings (SSSR count). The van der Waals surface area contributed by atoms with Crippen molar-refractivity contribution in [2.45, 2.75) is 89.7 Å². The van der Waals surface area contributed by atoms with Gasteiger partial charge in [0, 0.05) is 78.8 Å². The summed E-state index contributed by atoms with van der Waals surface area (Å²) in [4.78, 5) is 26.6. The van der Waals surface area contributed by atoms with E-state index in [0.717, 1.165) is 121 Å². The Kier molecular flexibility index (Phi) is 25.4. The summed E-state index contributed by atoms with van der Waals surface area (Å²) in [7, 11) is 2.53. The summed E-state index contributed by atoms with van der Waals surface area (Å²) in [6, 6.07) is 30.2. The highest BCUT2D eigenvalue weighted by Gasteiger charge is 2.34. The minimum absolute atomic E-state index is 0.137. The van der Waals surface area contributed by atoms with Crippen LogP contribution in [-0.2, 0) is 11.0 Å². The van der Waals surface area contributed by atoms with Gasteiger partial charge in [-0.2, -0.15) is 5.48 Å². The maximum atomic E-state index is 14.5. The molecule has 1 aliphatic heterocycles. The molecule has 1 saturated carbocycles. The van der Waals surface area contributed by atoms with Crippen molar-refractivity contribution in [3.63, 3.8) is 0 Å². The van der Waals surface area contributed by atoms with Gasteiger partial charge in [0.15, 0.2) is 16.7 Å². The number of aromatic nitrogens is 1. The third-order valence-corrected chi connectivity index (χ3v) is 14.7. The minimum Gasteiger partial charge on any atom is -0.406 e. The smallest absolute Gasteiger partial charge is 0.293 e. The van der Waals surface area contributed by atoms with E-state index in [0.29, 0.717) is 30.5 Å². The number of thioether (sulfide) groups is 1. The first kappa shape index (κ1) is 59.9. The Morgan fingerprint density at radius 1 is 0.880 bits per heavy atom. The van der Waals surface area contributed by atoms with Crippen molar-refractivity contribution >= 4 is 45.4 Å². The van der Waals surface area contributed by atoms with Gasteiger partial charge in [0.2, 0.25) is 0 Å². The molecule has 75 heavy (non-hydrogen) atoms. The number of halogens is 1. The first-order valence-corrected chi connectivity index (χ1v) is 28.7. The zero-order chi connectivity index (χ0) is 54.1. The molecule has 402 valence electrons. The van der Waals surface area contributed by atoms with E-state index in [4.69, 9.17) is 4.84 Å². The molecule has 15 heteroatoms. The molecule has 3 N–H and O–H groups in total. The standard InChI is InChI=1S/C51H54FN7O4S2.C5H13N.2C2H6/c1-37-51(63-54-27-8-29-57-32-30-56(2)31-33-57)49(50(58(37)44-23-24-44)40-10-7-12-42(52)20-19-40)41-11-6-9-39(35-41)16-15-38-17-21-43(22-18-38)55-65(62)46-25-26-47(48(36-46)59(60)61)53-28-34-64-45-13-4-3-5-14-45;1-4-6(3)5-2;2*1-2/h3-7,9-14,17-22,25-26,35-36,42,44,53-55H,8,23-24,27-34H2,1-2H3;4-5H2,1-3H3;2*1-2H3. The quantitative estimate of drug-likeness (QED) is 0.0228. The summed E-state index contributed by atoms with van der Waals surface area (Å²) in [6.45, 7) is 23.3. The lowest BCUT2D eigenvalue weighted by atomic mass is 9.98. The van der Waals surface area contributed by atoms with E-state index >= 15 is 0 Å². The second kappa shape index (κ2) is 31.8. The van der Waals surface area contributed by atoms with E-state index in [1.165, 1.54) is 6.07 Å². The molecule has 5 aromatic rings. The maximum Gasteiger partial charge on any atom is 0.293 e. The lowest BCUT2D eigenvalue weighted by Gasteiger charge is -2.32. The molecular weight excluding hydrogens is 980 g/mol. The van der Waals surface area contributed by atoms with Crippen molar-refractivity contribution in [1.82, 2.24) is 24.7 Å². The summed E-state index contributed by atoms with van der Waals surface area (Å²) < 4.78 is 33.2. The van der Waals surface area contributed by atoms with Gasteiger partial charge in [-0.1, -0.05) is 102 Å². The number of hydroxylamine groups is 1. The van der Waals surface area contributed by atoms with Crippen LogP contribution in [0.3, 0.4) is 0 Å². The molecule has 3 aliphatic rings. The van der Waals surface area contributed by atoms with Crippen LogP contribution in [-0.4, -0.2) is 113 Å². The van der Waals surface area contributed by atoms with E-state index in [9.17, 15) is 18.7 Å². The Hall–Kier alpha value is -5.99. The molecule has 0 spiro atoms. The van der Waals surface area contributed by atoms with Crippen LogP contribution in [0.25, 0.3) is 16.7 Å². The van der Waals surface area contributed by atoms with Crippen LogP contribution in [0.1, 0.15) is 89.4 Å². The number of piperazine rings is 1. The average molecular weight is 1060 g/mol. The summed E-state index contributed by atoms with van der Waals surface area (Å²) in [5.41, 5.74) is 10.5. The highest BCUT2D eigenvalue weighted by atomic mass is 32.2. The number of allylic oxidation sites excluding steroid dienone is 6. The number of nitro benzene ring substituents is 1. The number of anilines is 2. The SMILES string of the molecule is CC.CC.CCN(C)CC.Cc1c(ONCCCN2CCN(C)CC2)c(-c2cccc(C#Cc3ccc(NS(=O)c4ccc(NCCSc5ccccc5)c([N+](=O)[O-])c4)cc3)c2)c(C2=CC=CC(F)C=C2)n1C1CC1.